The SMILES string of the molecule is Cc1ccc2[nH]c(O)c(C=Nc3cccc(C(F)(F)F)c3)c2c1. The Morgan fingerprint density at radius 3 is 2.65 bits per heavy atom. The molecule has 2 aromatic carbocycles. The van der Waals surface area contributed by atoms with Crippen LogP contribution in [0.25, 0.3) is 10.9 Å². The van der Waals surface area contributed by atoms with E-state index in [4.69, 9.17) is 0 Å². The number of aromatic amines is 1. The van der Waals surface area contributed by atoms with Crippen molar-refractivity contribution in [1.82, 2.24) is 4.98 Å². The van der Waals surface area contributed by atoms with Crippen LogP contribution in [0.1, 0.15) is 16.7 Å². The molecule has 0 aliphatic carbocycles. The molecule has 118 valence electrons. The molecule has 3 rings (SSSR count). The number of halogens is 3. The number of aliphatic imine (C=N–C) groups is 1. The molecule has 6 heteroatoms. The number of fused-ring (bicyclic) bond motifs is 1. The minimum atomic E-state index is -4.41. The van der Waals surface area contributed by atoms with Crippen LogP contribution in [0.5, 0.6) is 5.88 Å². The van der Waals surface area contributed by atoms with Gasteiger partial charge in [-0.25, -0.2) is 0 Å². The number of aromatic nitrogens is 1. The summed E-state index contributed by atoms with van der Waals surface area (Å²) in [5.74, 6) is -0.0682. The summed E-state index contributed by atoms with van der Waals surface area (Å²) >= 11 is 0. The molecule has 3 nitrogen and oxygen atoms in total. The van der Waals surface area contributed by atoms with Crippen LogP contribution in [0.4, 0.5) is 18.9 Å². The summed E-state index contributed by atoms with van der Waals surface area (Å²) in [6.07, 6.45) is -3.05. The molecule has 0 spiro atoms. The zero-order valence-electron chi connectivity index (χ0n) is 12.1. The van der Waals surface area contributed by atoms with E-state index in [1.807, 2.05) is 25.1 Å². The normalized spacial score (nSPS) is 12.3. The van der Waals surface area contributed by atoms with Crippen molar-refractivity contribution in [2.75, 3.05) is 0 Å². The fourth-order valence-electron chi connectivity index (χ4n) is 2.34. The van der Waals surface area contributed by atoms with Crippen molar-refractivity contribution in [1.29, 1.82) is 0 Å². The van der Waals surface area contributed by atoms with Crippen LogP contribution in [-0.4, -0.2) is 16.3 Å². The summed E-state index contributed by atoms with van der Waals surface area (Å²) in [4.78, 5) is 6.87. The maximum Gasteiger partial charge on any atom is 0.416 e. The first-order valence-electron chi connectivity index (χ1n) is 6.87. The number of hydrogen-bond acceptors (Lipinski definition) is 2. The molecule has 0 unspecified atom stereocenters. The van der Waals surface area contributed by atoms with Gasteiger partial charge in [-0.3, -0.25) is 4.99 Å². The smallest absolute Gasteiger partial charge is 0.416 e. The molecule has 3 aromatic rings. The number of benzene rings is 2. The summed E-state index contributed by atoms with van der Waals surface area (Å²) in [5, 5.41) is 10.7. The van der Waals surface area contributed by atoms with Gasteiger partial charge < -0.3 is 10.1 Å². The van der Waals surface area contributed by atoms with Gasteiger partial charge in [0, 0.05) is 17.1 Å². The number of hydrogen-bond donors (Lipinski definition) is 2. The summed E-state index contributed by atoms with van der Waals surface area (Å²) in [6.45, 7) is 1.91. The summed E-state index contributed by atoms with van der Waals surface area (Å²) in [7, 11) is 0. The van der Waals surface area contributed by atoms with Gasteiger partial charge in [0.05, 0.1) is 16.8 Å². The first kappa shape index (κ1) is 15.1. The van der Waals surface area contributed by atoms with Gasteiger partial charge in [0.2, 0.25) is 0 Å². The van der Waals surface area contributed by atoms with Gasteiger partial charge in [-0.2, -0.15) is 13.2 Å². The Morgan fingerprint density at radius 1 is 1.13 bits per heavy atom. The van der Waals surface area contributed by atoms with Crippen molar-refractivity contribution in [2.45, 2.75) is 13.1 Å². The number of nitrogens with one attached hydrogen (secondary N) is 1. The first-order valence-corrected chi connectivity index (χ1v) is 6.87. The monoisotopic (exact) mass is 318 g/mol. The van der Waals surface area contributed by atoms with E-state index in [1.54, 1.807) is 0 Å². The van der Waals surface area contributed by atoms with Gasteiger partial charge in [-0.15, -0.1) is 0 Å². The van der Waals surface area contributed by atoms with Crippen molar-refractivity contribution in [3.63, 3.8) is 0 Å². The van der Waals surface area contributed by atoms with Crippen molar-refractivity contribution < 1.29 is 18.3 Å². The lowest BCUT2D eigenvalue weighted by atomic mass is 10.1. The fraction of sp³-hybridized carbons (Fsp3) is 0.118. The molecular weight excluding hydrogens is 305 g/mol. The highest BCUT2D eigenvalue weighted by Gasteiger charge is 2.30. The van der Waals surface area contributed by atoms with E-state index in [-0.39, 0.29) is 11.6 Å². The van der Waals surface area contributed by atoms with Crippen LogP contribution >= 0.6 is 0 Å². The highest BCUT2D eigenvalue weighted by molar-refractivity contribution is 6.02. The molecule has 23 heavy (non-hydrogen) atoms. The molecule has 0 saturated carbocycles. The Balaban J connectivity index is 2.01. The Labute approximate surface area is 130 Å². The van der Waals surface area contributed by atoms with Gasteiger partial charge in [0.15, 0.2) is 5.88 Å². The van der Waals surface area contributed by atoms with E-state index in [2.05, 4.69) is 9.98 Å². The molecule has 0 aliphatic rings. The molecule has 0 atom stereocenters. The fourth-order valence-corrected chi connectivity index (χ4v) is 2.34. The molecule has 1 aromatic heterocycles. The number of aryl methyl sites for hydroxylation is 1. The highest BCUT2D eigenvalue weighted by atomic mass is 19.4. The Hall–Kier alpha value is -2.76. The Bertz CT molecular complexity index is 894. The van der Waals surface area contributed by atoms with Crippen LogP contribution in [0.15, 0.2) is 47.5 Å². The van der Waals surface area contributed by atoms with Crippen molar-refractivity contribution >= 4 is 22.8 Å². The van der Waals surface area contributed by atoms with Gasteiger partial charge in [-0.1, -0.05) is 17.7 Å². The van der Waals surface area contributed by atoms with Crippen LogP contribution in [0.2, 0.25) is 0 Å². The van der Waals surface area contributed by atoms with E-state index in [0.29, 0.717) is 5.56 Å². The summed E-state index contributed by atoms with van der Waals surface area (Å²) < 4.78 is 38.1. The predicted molar refractivity (Wildman–Crippen MR) is 83.4 cm³/mol. The number of rotatable bonds is 2. The van der Waals surface area contributed by atoms with E-state index in [1.165, 1.54) is 18.3 Å². The van der Waals surface area contributed by atoms with Crippen LogP contribution < -0.4 is 0 Å². The van der Waals surface area contributed by atoms with Crippen molar-refractivity contribution in [2.24, 2.45) is 4.99 Å². The third kappa shape index (κ3) is 3.06. The molecule has 0 fully saturated rings. The van der Waals surface area contributed by atoms with E-state index < -0.39 is 11.7 Å². The Morgan fingerprint density at radius 2 is 1.91 bits per heavy atom. The van der Waals surface area contributed by atoms with E-state index in [9.17, 15) is 18.3 Å². The summed E-state index contributed by atoms with van der Waals surface area (Å²) in [5.41, 5.74) is 1.59. The average molecular weight is 318 g/mol. The maximum absolute atomic E-state index is 12.7. The lowest BCUT2D eigenvalue weighted by Gasteiger charge is -2.06. The number of H-pyrrole nitrogens is 1. The third-order valence-corrected chi connectivity index (χ3v) is 3.49. The topological polar surface area (TPSA) is 48.4 Å². The number of alkyl halides is 3. The second-order valence-corrected chi connectivity index (χ2v) is 5.24. The molecule has 2 N–H and O–H groups in total. The zero-order chi connectivity index (χ0) is 16.6. The van der Waals surface area contributed by atoms with Crippen molar-refractivity contribution in [3.05, 3.63) is 59.2 Å². The third-order valence-electron chi connectivity index (χ3n) is 3.49. The second kappa shape index (κ2) is 5.46. The van der Waals surface area contributed by atoms with Crippen molar-refractivity contribution in [3.8, 4) is 5.88 Å². The van der Waals surface area contributed by atoms with Crippen LogP contribution in [0, 0.1) is 6.92 Å². The Kier molecular flexibility index (Phi) is 3.60. The minimum absolute atomic E-state index is 0.0682. The molecular formula is C17H13F3N2O. The van der Waals surface area contributed by atoms with Gasteiger partial charge in [-0.05, 0) is 37.3 Å². The summed E-state index contributed by atoms with van der Waals surface area (Å²) in [6, 6.07) is 10.3. The number of nitrogens with zero attached hydrogens (tertiary/aromatic N) is 1. The lowest BCUT2D eigenvalue weighted by Crippen LogP contribution is -2.03. The van der Waals surface area contributed by atoms with Gasteiger partial charge >= 0.3 is 6.18 Å². The van der Waals surface area contributed by atoms with Gasteiger partial charge in [0.1, 0.15) is 0 Å². The van der Waals surface area contributed by atoms with Gasteiger partial charge in [0.25, 0.3) is 0 Å². The maximum atomic E-state index is 12.7. The largest absolute Gasteiger partial charge is 0.494 e. The molecule has 0 aliphatic heterocycles. The quantitative estimate of drug-likeness (QED) is 0.645. The second-order valence-electron chi connectivity index (χ2n) is 5.24. The number of aromatic hydroxyl groups is 1. The molecule has 0 saturated heterocycles. The molecule has 1 heterocycles. The average Bonchev–Trinajstić information content (AvgIpc) is 2.79. The van der Waals surface area contributed by atoms with Crippen LogP contribution in [-0.2, 0) is 6.18 Å². The van der Waals surface area contributed by atoms with Crippen LogP contribution in [0.3, 0.4) is 0 Å². The zero-order valence-corrected chi connectivity index (χ0v) is 12.1. The minimum Gasteiger partial charge on any atom is -0.494 e. The lowest BCUT2D eigenvalue weighted by molar-refractivity contribution is -0.137. The predicted octanol–water partition coefficient (Wildman–Crippen LogP) is 4.95. The molecule has 0 radical (unpaired) electrons. The first-order chi connectivity index (χ1) is 10.8. The molecule has 0 bridgehead atoms. The van der Waals surface area contributed by atoms with E-state index >= 15 is 0 Å². The molecule has 0 amide bonds. The highest BCUT2D eigenvalue weighted by Crippen LogP contribution is 2.32. The standard InChI is InChI=1S/C17H13F3N2O/c1-10-5-6-15-13(7-10)14(16(23)22-15)9-21-12-4-2-3-11(8-12)17(18,19)20/h2-9,22-23H,1H3. The van der Waals surface area contributed by atoms with E-state index in [0.717, 1.165) is 28.6 Å².